The maximum absolute atomic E-state index is 13.2. The van der Waals surface area contributed by atoms with Crippen LogP contribution in [-0.2, 0) is 10.2 Å². The fourth-order valence-electron chi connectivity index (χ4n) is 3.78. The summed E-state index contributed by atoms with van der Waals surface area (Å²) in [5, 5.41) is 7.84. The molecule has 0 bridgehead atoms. The minimum absolute atomic E-state index is 0.0540. The van der Waals surface area contributed by atoms with Crippen LogP contribution in [0.25, 0.3) is 5.69 Å². The standard InChI is InChI=1S/C28H36N4O3/c1-8-16-31(27(34)21-12-14-22(35-7)15-13-21)18-26(33)29-25-17-24(28(4,5)6)30-32(25)23-11-9-10-19(2)20(23)3/h9-15,17H,8,16,18H2,1-7H3,(H,29,33). The third-order valence-corrected chi connectivity index (χ3v) is 6.00. The van der Waals surface area contributed by atoms with E-state index in [9.17, 15) is 9.59 Å². The summed E-state index contributed by atoms with van der Waals surface area (Å²) >= 11 is 0. The Morgan fingerprint density at radius 2 is 1.77 bits per heavy atom. The number of nitrogens with one attached hydrogen (secondary N) is 1. The van der Waals surface area contributed by atoms with Gasteiger partial charge in [0.05, 0.1) is 18.5 Å². The number of carbonyl (C=O) groups excluding carboxylic acids is 2. The molecule has 186 valence electrons. The Morgan fingerprint density at radius 3 is 2.37 bits per heavy atom. The van der Waals surface area contributed by atoms with Crippen molar-refractivity contribution < 1.29 is 14.3 Å². The van der Waals surface area contributed by atoms with Crippen LogP contribution in [0.15, 0.2) is 48.5 Å². The van der Waals surface area contributed by atoms with Gasteiger partial charge >= 0.3 is 0 Å². The zero-order chi connectivity index (χ0) is 25.8. The largest absolute Gasteiger partial charge is 0.497 e. The minimum Gasteiger partial charge on any atom is -0.497 e. The first kappa shape index (κ1) is 26.0. The predicted molar refractivity (Wildman–Crippen MR) is 140 cm³/mol. The van der Waals surface area contributed by atoms with Crippen LogP contribution >= 0.6 is 0 Å². The number of aryl methyl sites for hydroxylation is 1. The lowest BCUT2D eigenvalue weighted by Crippen LogP contribution is -2.38. The van der Waals surface area contributed by atoms with Crippen molar-refractivity contribution in [3.8, 4) is 11.4 Å². The molecule has 7 heteroatoms. The van der Waals surface area contributed by atoms with Crippen molar-refractivity contribution in [1.82, 2.24) is 14.7 Å². The van der Waals surface area contributed by atoms with Gasteiger partial charge < -0.3 is 15.0 Å². The molecule has 35 heavy (non-hydrogen) atoms. The van der Waals surface area contributed by atoms with Crippen molar-refractivity contribution >= 4 is 17.6 Å². The summed E-state index contributed by atoms with van der Waals surface area (Å²) in [4.78, 5) is 27.8. The Balaban J connectivity index is 1.87. The van der Waals surface area contributed by atoms with Crippen molar-refractivity contribution in [3.63, 3.8) is 0 Å². The van der Waals surface area contributed by atoms with Gasteiger partial charge in [-0.1, -0.05) is 39.8 Å². The molecule has 0 atom stereocenters. The highest BCUT2D eigenvalue weighted by atomic mass is 16.5. The van der Waals surface area contributed by atoms with E-state index in [1.165, 1.54) is 0 Å². The van der Waals surface area contributed by atoms with Crippen LogP contribution in [0.3, 0.4) is 0 Å². The van der Waals surface area contributed by atoms with E-state index >= 15 is 0 Å². The van der Waals surface area contributed by atoms with Gasteiger partial charge in [-0.15, -0.1) is 0 Å². The number of aromatic nitrogens is 2. The van der Waals surface area contributed by atoms with Gasteiger partial charge in [-0.05, 0) is 61.7 Å². The number of hydrogen-bond donors (Lipinski definition) is 1. The molecule has 0 aliphatic rings. The van der Waals surface area contributed by atoms with Gasteiger partial charge in [0.2, 0.25) is 5.91 Å². The van der Waals surface area contributed by atoms with Crippen molar-refractivity contribution in [2.24, 2.45) is 0 Å². The average Bonchev–Trinajstić information content (AvgIpc) is 3.24. The number of hydrogen-bond acceptors (Lipinski definition) is 4. The molecule has 2 amide bonds. The van der Waals surface area contributed by atoms with E-state index < -0.39 is 0 Å². The van der Waals surface area contributed by atoms with Gasteiger partial charge in [0, 0.05) is 23.6 Å². The number of anilines is 1. The Hall–Kier alpha value is -3.61. The van der Waals surface area contributed by atoms with E-state index in [4.69, 9.17) is 9.84 Å². The molecule has 1 aromatic heterocycles. The Morgan fingerprint density at radius 1 is 1.09 bits per heavy atom. The summed E-state index contributed by atoms with van der Waals surface area (Å²) in [7, 11) is 1.58. The van der Waals surface area contributed by atoms with Crippen LogP contribution < -0.4 is 10.1 Å². The maximum atomic E-state index is 13.2. The molecule has 0 aliphatic carbocycles. The van der Waals surface area contributed by atoms with Crippen LogP contribution in [0, 0.1) is 13.8 Å². The van der Waals surface area contributed by atoms with Crippen molar-refractivity contribution in [2.75, 3.05) is 25.5 Å². The van der Waals surface area contributed by atoms with Crippen LogP contribution in [0.5, 0.6) is 5.75 Å². The SMILES string of the molecule is CCCN(CC(=O)Nc1cc(C(C)(C)C)nn1-c1cccc(C)c1C)C(=O)c1ccc(OC)cc1. The number of amides is 2. The van der Waals surface area contributed by atoms with Crippen molar-refractivity contribution in [1.29, 1.82) is 0 Å². The molecule has 0 radical (unpaired) electrons. The molecule has 1 N–H and O–H groups in total. The van der Waals surface area contributed by atoms with E-state index in [-0.39, 0.29) is 23.8 Å². The van der Waals surface area contributed by atoms with Crippen LogP contribution in [0.2, 0.25) is 0 Å². The highest BCUT2D eigenvalue weighted by molar-refractivity contribution is 5.99. The normalized spacial score (nSPS) is 11.3. The first-order valence-electron chi connectivity index (χ1n) is 12.0. The van der Waals surface area contributed by atoms with Gasteiger partial charge in [0.1, 0.15) is 18.1 Å². The highest BCUT2D eigenvalue weighted by Gasteiger charge is 2.24. The lowest BCUT2D eigenvalue weighted by Gasteiger charge is -2.22. The van der Waals surface area contributed by atoms with Gasteiger partial charge in [0.15, 0.2) is 0 Å². The second-order valence-electron chi connectivity index (χ2n) is 9.80. The smallest absolute Gasteiger partial charge is 0.254 e. The summed E-state index contributed by atoms with van der Waals surface area (Å²) in [5.74, 6) is 0.799. The molecule has 0 unspecified atom stereocenters. The summed E-state index contributed by atoms with van der Waals surface area (Å²) in [6.07, 6.45) is 0.740. The number of rotatable bonds is 8. The molecule has 3 aromatic rings. The number of methoxy groups -OCH3 is 1. The Kier molecular flexibility index (Phi) is 7.99. The molecule has 1 heterocycles. The number of nitrogens with zero attached hydrogens (tertiary/aromatic N) is 3. The van der Waals surface area contributed by atoms with Crippen LogP contribution in [0.1, 0.15) is 61.3 Å². The lowest BCUT2D eigenvalue weighted by molar-refractivity contribution is -0.116. The second kappa shape index (κ2) is 10.8. The Bertz CT molecular complexity index is 1190. The van der Waals surface area contributed by atoms with Gasteiger partial charge in [-0.25, -0.2) is 4.68 Å². The Labute approximate surface area is 208 Å². The fourth-order valence-corrected chi connectivity index (χ4v) is 3.78. The monoisotopic (exact) mass is 476 g/mol. The summed E-state index contributed by atoms with van der Waals surface area (Å²) in [5.41, 5.74) is 4.34. The van der Waals surface area contributed by atoms with Crippen molar-refractivity contribution in [2.45, 2.75) is 53.4 Å². The third-order valence-electron chi connectivity index (χ3n) is 6.00. The van der Waals surface area contributed by atoms with E-state index in [2.05, 4.69) is 39.1 Å². The zero-order valence-electron chi connectivity index (χ0n) is 21.8. The molecule has 0 saturated heterocycles. The minimum atomic E-state index is -0.271. The lowest BCUT2D eigenvalue weighted by atomic mass is 9.92. The van der Waals surface area contributed by atoms with E-state index in [1.54, 1.807) is 41.0 Å². The highest BCUT2D eigenvalue weighted by Crippen LogP contribution is 2.28. The number of carbonyl (C=O) groups is 2. The van der Waals surface area contributed by atoms with E-state index in [0.29, 0.717) is 23.7 Å². The first-order valence-corrected chi connectivity index (χ1v) is 12.0. The molecule has 0 saturated carbocycles. The van der Waals surface area contributed by atoms with E-state index in [0.717, 1.165) is 28.9 Å². The molecule has 2 aromatic carbocycles. The van der Waals surface area contributed by atoms with Gasteiger partial charge in [-0.3, -0.25) is 9.59 Å². The topological polar surface area (TPSA) is 76.5 Å². The fraction of sp³-hybridized carbons (Fsp3) is 0.393. The number of benzene rings is 2. The molecular weight excluding hydrogens is 440 g/mol. The molecule has 0 fully saturated rings. The van der Waals surface area contributed by atoms with Gasteiger partial charge in [0.25, 0.3) is 5.91 Å². The maximum Gasteiger partial charge on any atom is 0.254 e. The zero-order valence-corrected chi connectivity index (χ0v) is 21.8. The molecule has 7 nitrogen and oxygen atoms in total. The molecule has 3 rings (SSSR count). The average molecular weight is 477 g/mol. The summed E-state index contributed by atoms with van der Waals surface area (Å²) in [6.45, 7) is 12.8. The van der Waals surface area contributed by atoms with E-state index in [1.807, 2.05) is 32.0 Å². The predicted octanol–water partition coefficient (Wildman–Crippen LogP) is 5.29. The van der Waals surface area contributed by atoms with Crippen LogP contribution in [0.4, 0.5) is 5.82 Å². The molecule has 0 spiro atoms. The summed E-state index contributed by atoms with van der Waals surface area (Å²) < 4.78 is 6.97. The summed E-state index contributed by atoms with van der Waals surface area (Å²) in [6, 6.07) is 14.9. The van der Waals surface area contributed by atoms with Crippen LogP contribution in [-0.4, -0.2) is 46.7 Å². The third kappa shape index (κ3) is 6.10. The van der Waals surface area contributed by atoms with Gasteiger partial charge in [-0.2, -0.15) is 5.10 Å². The first-order chi connectivity index (χ1) is 16.5. The molecular formula is C28H36N4O3. The second-order valence-corrected chi connectivity index (χ2v) is 9.80. The number of ether oxygens (including phenoxy) is 1. The molecule has 0 aliphatic heterocycles. The van der Waals surface area contributed by atoms with Crippen molar-refractivity contribution in [3.05, 3.63) is 70.9 Å². The quantitative estimate of drug-likeness (QED) is 0.480.